The Balaban J connectivity index is 1.76. The van der Waals surface area contributed by atoms with Crippen molar-refractivity contribution in [1.82, 2.24) is 4.90 Å². The van der Waals surface area contributed by atoms with Gasteiger partial charge < -0.3 is 5.11 Å². The maximum Gasteiger partial charge on any atom is 0.303 e. The normalized spacial score (nSPS) is 31.8. The number of rotatable bonds is 4. The summed E-state index contributed by atoms with van der Waals surface area (Å²) in [6.07, 6.45) is 5.02. The number of likely N-dealkylation sites (tertiary alicyclic amines) is 1. The minimum atomic E-state index is -0.645. The fourth-order valence-corrected chi connectivity index (χ4v) is 4.06. The van der Waals surface area contributed by atoms with E-state index in [-0.39, 0.29) is 0 Å². The summed E-state index contributed by atoms with van der Waals surface area (Å²) in [5, 5.41) is 8.70. The number of carboxylic acid groups (broad SMARTS) is 1. The second-order valence-corrected chi connectivity index (χ2v) is 6.10. The molecule has 0 spiro atoms. The van der Waals surface area contributed by atoms with Crippen molar-refractivity contribution < 1.29 is 9.90 Å². The van der Waals surface area contributed by atoms with Crippen LogP contribution in [0.2, 0.25) is 0 Å². The molecule has 2 fully saturated rings. The van der Waals surface area contributed by atoms with Gasteiger partial charge in [-0.25, -0.2) is 0 Å². The molecule has 2 aliphatic heterocycles. The highest BCUT2D eigenvalue weighted by Crippen LogP contribution is 2.28. The highest BCUT2D eigenvalue weighted by Gasteiger charge is 2.28. The van der Waals surface area contributed by atoms with E-state index in [0.717, 1.165) is 19.0 Å². The molecular weight excluding hydrogens is 222 g/mol. The number of thioether (sulfide) groups is 1. The zero-order chi connectivity index (χ0) is 11.4. The van der Waals surface area contributed by atoms with Crippen LogP contribution in [-0.2, 0) is 4.79 Å². The molecule has 0 bridgehead atoms. The van der Waals surface area contributed by atoms with Crippen LogP contribution in [0.25, 0.3) is 0 Å². The molecule has 1 N–H and O–H groups in total. The second kappa shape index (κ2) is 5.92. The second-order valence-electron chi connectivity index (χ2n) is 4.95. The topological polar surface area (TPSA) is 40.5 Å². The first-order chi connectivity index (χ1) is 7.75. The molecule has 0 radical (unpaired) electrons. The van der Waals surface area contributed by atoms with Crippen molar-refractivity contribution in [2.45, 2.75) is 38.1 Å². The summed E-state index contributed by atoms with van der Waals surface area (Å²) in [6, 6.07) is 0.776. The van der Waals surface area contributed by atoms with Crippen LogP contribution in [0.1, 0.15) is 32.1 Å². The van der Waals surface area contributed by atoms with Crippen LogP contribution in [-0.4, -0.2) is 46.6 Å². The van der Waals surface area contributed by atoms with Gasteiger partial charge in [0, 0.05) is 24.8 Å². The molecule has 92 valence electrons. The van der Waals surface area contributed by atoms with Crippen LogP contribution in [0.4, 0.5) is 0 Å². The molecule has 2 atom stereocenters. The van der Waals surface area contributed by atoms with Crippen LogP contribution >= 0.6 is 11.8 Å². The van der Waals surface area contributed by atoms with Gasteiger partial charge in [-0.15, -0.1) is 0 Å². The van der Waals surface area contributed by atoms with Crippen molar-refractivity contribution in [2.24, 2.45) is 5.92 Å². The number of nitrogens with zero attached hydrogens (tertiary/aromatic N) is 1. The maximum absolute atomic E-state index is 10.6. The Morgan fingerprint density at radius 2 is 2.31 bits per heavy atom. The number of hydrogen-bond donors (Lipinski definition) is 1. The van der Waals surface area contributed by atoms with Crippen molar-refractivity contribution in [1.29, 1.82) is 0 Å². The summed E-state index contributed by atoms with van der Waals surface area (Å²) in [5.74, 6) is 2.57. The third-order valence-corrected chi connectivity index (χ3v) is 4.88. The Kier molecular flexibility index (Phi) is 4.53. The van der Waals surface area contributed by atoms with Gasteiger partial charge in [0.25, 0.3) is 0 Å². The maximum atomic E-state index is 10.6. The molecule has 2 heterocycles. The molecular formula is C12H21NO2S. The van der Waals surface area contributed by atoms with Gasteiger partial charge in [-0.3, -0.25) is 9.69 Å². The van der Waals surface area contributed by atoms with Crippen molar-refractivity contribution in [2.75, 3.05) is 24.6 Å². The van der Waals surface area contributed by atoms with Crippen LogP contribution in [0.15, 0.2) is 0 Å². The van der Waals surface area contributed by atoms with Crippen LogP contribution in [0.3, 0.4) is 0 Å². The molecule has 0 amide bonds. The third-order valence-electron chi connectivity index (χ3n) is 3.74. The van der Waals surface area contributed by atoms with E-state index in [1.165, 1.54) is 37.3 Å². The average molecular weight is 243 g/mol. The molecule has 0 aromatic rings. The van der Waals surface area contributed by atoms with E-state index >= 15 is 0 Å². The van der Waals surface area contributed by atoms with Crippen molar-refractivity contribution in [3.63, 3.8) is 0 Å². The molecule has 16 heavy (non-hydrogen) atoms. The first-order valence-corrected chi connectivity index (χ1v) is 7.45. The lowest BCUT2D eigenvalue weighted by Crippen LogP contribution is -2.42. The van der Waals surface area contributed by atoms with Gasteiger partial charge in [-0.1, -0.05) is 0 Å². The predicted octanol–water partition coefficient (Wildman–Crippen LogP) is 2.07. The minimum Gasteiger partial charge on any atom is -0.481 e. The monoisotopic (exact) mass is 243 g/mol. The summed E-state index contributed by atoms with van der Waals surface area (Å²) < 4.78 is 0. The predicted molar refractivity (Wildman–Crippen MR) is 66.9 cm³/mol. The van der Waals surface area contributed by atoms with Crippen LogP contribution in [0, 0.1) is 5.92 Å². The van der Waals surface area contributed by atoms with Crippen LogP contribution < -0.4 is 0 Å². The van der Waals surface area contributed by atoms with Crippen molar-refractivity contribution in [3.8, 4) is 0 Å². The van der Waals surface area contributed by atoms with E-state index in [1.54, 1.807) is 0 Å². The van der Waals surface area contributed by atoms with Gasteiger partial charge in [0.2, 0.25) is 0 Å². The molecule has 2 aliphatic rings. The quantitative estimate of drug-likeness (QED) is 0.820. The molecule has 2 saturated heterocycles. The molecule has 0 aromatic carbocycles. The number of carbonyl (C=O) groups is 1. The van der Waals surface area contributed by atoms with Gasteiger partial charge in [0.15, 0.2) is 0 Å². The van der Waals surface area contributed by atoms with E-state index in [1.807, 2.05) is 0 Å². The summed E-state index contributed by atoms with van der Waals surface area (Å²) in [6.45, 7) is 2.37. The van der Waals surface area contributed by atoms with Gasteiger partial charge in [-0.2, -0.15) is 11.8 Å². The Morgan fingerprint density at radius 1 is 1.44 bits per heavy atom. The molecule has 3 nitrogen and oxygen atoms in total. The lowest BCUT2D eigenvalue weighted by molar-refractivity contribution is -0.137. The molecule has 0 aromatic heterocycles. The lowest BCUT2D eigenvalue weighted by Gasteiger charge is -2.36. The number of hydrogen-bond acceptors (Lipinski definition) is 3. The Labute approximate surface area is 102 Å². The van der Waals surface area contributed by atoms with Gasteiger partial charge in [0.1, 0.15) is 0 Å². The largest absolute Gasteiger partial charge is 0.481 e. The van der Waals surface area contributed by atoms with Crippen LogP contribution in [0.5, 0.6) is 0 Å². The first kappa shape index (κ1) is 12.2. The summed E-state index contributed by atoms with van der Waals surface area (Å²) >= 11 is 2.06. The molecule has 2 rings (SSSR count). The zero-order valence-corrected chi connectivity index (χ0v) is 10.5. The lowest BCUT2D eigenvalue weighted by atomic mass is 9.92. The smallest absolute Gasteiger partial charge is 0.303 e. The standard InChI is InChI=1S/C12H21NO2S/c14-12(15)4-3-10-2-1-6-13(8-10)11-5-7-16-9-11/h10-11H,1-9H2,(H,14,15). The highest BCUT2D eigenvalue weighted by atomic mass is 32.2. The summed E-state index contributed by atoms with van der Waals surface area (Å²) in [7, 11) is 0. The Hall–Kier alpha value is -0.220. The van der Waals surface area contributed by atoms with E-state index in [9.17, 15) is 4.79 Å². The number of carboxylic acids is 1. The zero-order valence-electron chi connectivity index (χ0n) is 9.73. The molecule has 0 saturated carbocycles. The van der Waals surface area contributed by atoms with Crippen molar-refractivity contribution >= 4 is 17.7 Å². The van der Waals surface area contributed by atoms with E-state index in [0.29, 0.717) is 12.3 Å². The van der Waals surface area contributed by atoms with Crippen molar-refractivity contribution in [3.05, 3.63) is 0 Å². The Bertz CT molecular complexity index is 241. The third kappa shape index (κ3) is 3.39. The summed E-state index contributed by atoms with van der Waals surface area (Å²) in [5.41, 5.74) is 0. The Morgan fingerprint density at radius 3 is 3.00 bits per heavy atom. The number of aliphatic carboxylic acids is 1. The SMILES string of the molecule is O=C(O)CCC1CCCN(C2CCSC2)C1. The van der Waals surface area contributed by atoms with E-state index < -0.39 is 5.97 Å². The average Bonchev–Trinajstić information content (AvgIpc) is 2.80. The summed E-state index contributed by atoms with van der Waals surface area (Å²) in [4.78, 5) is 13.2. The van der Waals surface area contributed by atoms with Gasteiger partial charge in [-0.05, 0) is 43.9 Å². The minimum absolute atomic E-state index is 0.345. The fourth-order valence-electron chi connectivity index (χ4n) is 2.80. The van der Waals surface area contributed by atoms with E-state index in [2.05, 4.69) is 16.7 Å². The fraction of sp³-hybridized carbons (Fsp3) is 0.917. The highest BCUT2D eigenvalue weighted by molar-refractivity contribution is 7.99. The number of piperidine rings is 1. The van der Waals surface area contributed by atoms with Gasteiger partial charge >= 0.3 is 5.97 Å². The first-order valence-electron chi connectivity index (χ1n) is 6.29. The molecule has 0 aliphatic carbocycles. The molecule has 4 heteroatoms. The molecule has 2 unspecified atom stereocenters. The van der Waals surface area contributed by atoms with Gasteiger partial charge in [0.05, 0.1) is 0 Å². The van der Waals surface area contributed by atoms with E-state index in [4.69, 9.17) is 5.11 Å².